The van der Waals surface area contributed by atoms with E-state index in [1.165, 1.54) is 5.54 Å². The Balaban J connectivity index is 2.85. The van der Waals surface area contributed by atoms with E-state index in [2.05, 4.69) is 0 Å². The van der Waals surface area contributed by atoms with Gasteiger partial charge in [0.15, 0.2) is 5.75 Å². The Kier molecular flexibility index (Phi) is 4.39. The van der Waals surface area contributed by atoms with Gasteiger partial charge >= 0.3 is 0 Å². The van der Waals surface area contributed by atoms with E-state index in [0.29, 0.717) is 28.1 Å². The highest BCUT2D eigenvalue weighted by atomic mass is 35.5. The van der Waals surface area contributed by atoms with Gasteiger partial charge in [-0.25, -0.2) is 0 Å². The van der Waals surface area contributed by atoms with E-state index in [1.807, 2.05) is 0 Å². The molecule has 2 N–H and O–H groups in total. The summed E-state index contributed by atoms with van der Waals surface area (Å²) in [6.45, 7) is 0.312. The number of halogens is 3. The third-order valence-electron chi connectivity index (χ3n) is 1.43. The lowest BCUT2D eigenvalue weighted by Gasteiger charge is -2.08. The smallest absolute Gasteiger partial charge is 0.157 e. The minimum absolute atomic E-state index is 0.312. The molecule has 0 aliphatic heterocycles. The molecule has 2 nitrogen and oxygen atoms in total. The van der Waals surface area contributed by atoms with Crippen molar-refractivity contribution in [3.8, 4) is 5.75 Å². The van der Waals surface area contributed by atoms with Gasteiger partial charge in [-0.15, -0.1) is 0 Å². The Morgan fingerprint density at radius 2 is 1.86 bits per heavy atom. The number of hydrogen-bond donors (Lipinski definition) is 1. The zero-order chi connectivity index (χ0) is 10.6. The van der Waals surface area contributed by atoms with E-state index in [0.717, 1.165) is 0 Å². The number of hydrogen-bond acceptors (Lipinski definition) is 2. The maximum atomic E-state index is 5.87. The number of rotatable bonds is 3. The molecular weight excluding hydrogens is 244 g/mol. The van der Waals surface area contributed by atoms with Crippen molar-refractivity contribution < 1.29 is 4.74 Å². The van der Waals surface area contributed by atoms with Crippen LogP contribution in [-0.4, -0.2) is 6.61 Å². The van der Waals surface area contributed by atoms with Crippen LogP contribution in [0.1, 0.15) is 0 Å². The van der Waals surface area contributed by atoms with Crippen LogP contribution in [0.5, 0.6) is 5.75 Å². The minimum Gasteiger partial charge on any atom is -0.486 e. The van der Waals surface area contributed by atoms with Gasteiger partial charge < -0.3 is 10.5 Å². The van der Waals surface area contributed by atoms with Crippen molar-refractivity contribution in [3.63, 3.8) is 0 Å². The molecule has 0 aliphatic carbocycles. The molecule has 0 spiro atoms. The van der Waals surface area contributed by atoms with E-state index < -0.39 is 0 Å². The SMILES string of the molecule is Nc1cc(Cl)c(OCC=CCl)c(Cl)c1. The summed E-state index contributed by atoms with van der Waals surface area (Å²) < 4.78 is 5.27. The van der Waals surface area contributed by atoms with Crippen LogP contribution in [0, 0.1) is 0 Å². The largest absolute Gasteiger partial charge is 0.486 e. The molecule has 1 aromatic carbocycles. The predicted molar refractivity (Wildman–Crippen MR) is 61.4 cm³/mol. The first-order valence-electron chi connectivity index (χ1n) is 3.77. The second-order valence-electron chi connectivity index (χ2n) is 2.49. The quantitative estimate of drug-likeness (QED) is 0.833. The molecule has 1 rings (SSSR count). The first-order chi connectivity index (χ1) is 6.65. The van der Waals surface area contributed by atoms with Crippen molar-refractivity contribution in [2.24, 2.45) is 0 Å². The molecule has 0 atom stereocenters. The predicted octanol–water partition coefficient (Wildman–Crippen LogP) is 3.71. The van der Waals surface area contributed by atoms with Crippen LogP contribution in [0.15, 0.2) is 23.7 Å². The Morgan fingerprint density at radius 3 is 2.36 bits per heavy atom. The summed E-state index contributed by atoms with van der Waals surface area (Å²) in [6.07, 6.45) is 1.63. The van der Waals surface area contributed by atoms with Gasteiger partial charge in [0.2, 0.25) is 0 Å². The second-order valence-corrected chi connectivity index (χ2v) is 3.55. The fourth-order valence-corrected chi connectivity index (χ4v) is 1.57. The summed E-state index contributed by atoms with van der Waals surface area (Å²) in [5, 5.41) is 0.774. The molecule has 0 unspecified atom stereocenters. The van der Waals surface area contributed by atoms with E-state index in [9.17, 15) is 0 Å². The average molecular weight is 253 g/mol. The summed E-state index contributed by atoms with van der Waals surface area (Å²) in [7, 11) is 0. The van der Waals surface area contributed by atoms with Gasteiger partial charge in [0, 0.05) is 11.2 Å². The fourth-order valence-electron chi connectivity index (χ4n) is 0.885. The highest BCUT2D eigenvalue weighted by molar-refractivity contribution is 6.37. The number of ether oxygens (including phenoxy) is 1. The number of nitrogens with two attached hydrogens (primary N) is 1. The van der Waals surface area contributed by atoms with Gasteiger partial charge in [-0.3, -0.25) is 0 Å². The van der Waals surface area contributed by atoms with Crippen molar-refractivity contribution in [2.45, 2.75) is 0 Å². The molecule has 0 fully saturated rings. The van der Waals surface area contributed by atoms with Gasteiger partial charge in [0.1, 0.15) is 6.61 Å². The Morgan fingerprint density at radius 1 is 1.29 bits per heavy atom. The maximum Gasteiger partial charge on any atom is 0.157 e. The summed E-state index contributed by atoms with van der Waals surface area (Å²) in [6, 6.07) is 3.15. The lowest BCUT2D eigenvalue weighted by molar-refractivity contribution is 0.363. The Bertz CT molecular complexity index is 329. The summed E-state index contributed by atoms with van der Waals surface area (Å²) in [5.41, 5.74) is 7.38. The molecule has 76 valence electrons. The average Bonchev–Trinajstić information content (AvgIpc) is 2.09. The summed E-state index contributed by atoms with van der Waals surface area (Å²) in [4.78, 5) is 0. The molecule has 0 aliphatic rings. The highest BCUT2D eigenvalue weighted by Crippen LogP contribution is 2.34. The standard InChI is InChI=1S/C9H8Cl3NO/c10-2-1-3-14-9-7(11)4-6(13)5-8(9)12/h1-2,4-5H,3,13H2. The maximum absolute atomic E-state index is 5.87. The molecule has 14 heavy (non-hydrogen) atoms. The van der Waals surface area contributed by atoms with E-state index in [4.69, 9.17) is 45.3 Å². The summed E-state index contributed by atoms with van der Waals surface area (Å²) in [5.74, 6) is 0.414. The van der Waals surface area contributed by atoms with Crippen molar-refractivity contribution in [3.05, 3.63) is 33.8 Å². The lowest BCUT2D eigenvalue weighted by atomic mass is 10.3. The van der Waals surface area contributed by atoms with E-state index >= 15 is 0 Å². The molecule has 5 heteroatoms. The second kappa shape index (κ2) is 5.35. The molecule has 0 heterocycles. The van der Waals surface area contributed by atoms with Crippen LogP contribution in [-0.2, 0) is 0 Å². The molecule has 0 amide bonds. The molecule has 0 radical (unpaired) electrons. The van der Waals surface area contributed by atoms with Crippen LogP contribution < -0.4 is 10.5 Å². The van der Waals surface area contributed by atoms with Crippen LogP contribution in [0.2, 0.25) is 10.0 Å². The zero-order valence-electron chi connectivity index (χ0n) is 7.14. The van der Waals surface area contributed by atoms with Gasteiger partial charge in [-0.05, 0) is 18.2 Å². The number of nitrogen functional groups attached to an aromatic ring is 1. The molecule has 0 saturated carbocycles. The Labute approximate surface area is 97.2 Å². The van der Waals surface area contributed by atoms with Crippen LogP contribution >= 0.6 is 34.8 Å². The highest BCUT2D eigenvalue weighted by Gasteiger charge is 2.07. The monoisotopic (exact) mass is 251 g/mol. The fraction of sp³-hybridized carbons (Fsp3) is 0.111. The molecular formula is C9H8Cl3NO. The van der Waals surface area contributed by atoms with E-state index in [1.54, 1.807) is 18.2 Å². The minimum atomic E-state index is 0.312. The number of anilines is 1. The molecule has 1 aromatic rings. The van der Waals surface area contributed by atoms with Gasteiger partial charge in [0.25, 0.3) is 0 Å². The molecule has 0 aromatic heterocycles. The van der Waals surface area contributed by atoms with E-state index in [-0.39, 0.29) is 0 Å². The first-order valence-corrected chi connectivity index (χ1v) is 4.97. The van der Waals surface area contributed by atoms with Crippen molar-refractivity contribution in [1.29, 1.82) is 0 Å². The van der Waals surface area contributed by atoms with Gasteiger partial charge in [-0.1, -0.05) is 34.8 Å². The molecule has 0 bridgehead atoms. The molecule has 0 saturated heterocycles. The lowest BCUT2D eigenvalue weighted by Crippen LogP contribution is -1.96. The van der Waals surface area contributed by atoms with Crippen LogP contribution in [0.25, 0.3) is 0 Å². The normalized spacial score (nSPS) is 10.8. The third kappa shape index (κ3) is 2.98. The first kappa shape index (κ1) is 11.5. The van der Waals surface area contributed by atoms with Crippen LogP contribution in [0.3, 0.4) is 0 Å². The topological polar surface area (TPSA) is 35.2 Å². The van der Waals surface area contributed by atoms with Crippen molar-refractivity contribution >= 4 is 40.5 Å². The zero-order valence-corrected chi connectivity index (χ0v) is 9.40. The van der Waals surface area contributed by atoms with Gasteiger partial charge in [0.05, 0.1) is 10.0 Å². The summed E-state index contributed by atoms with van der Waals surface area (Å²) >= 11 is 17.1. The number of benzene rings is 1. The van der Waals surface area contributed by atoms with Crippen LogP contribution in [0.4, 0.5) is 5.69 Å². The van der Waals surface area contributed by atoms with Crippen molar-refractivity contribution in [2.75, 3.05) is 12.3 Å². The van der Waals surface area contributed by atoms with Gasteiger partial charge in [-0.2, -0.15) is 0 Å². The van der Waals surface area contributed by atoms with Crippen molar-refractivity contribution in [1.82, 2.24) is 0 Å². The third-order valence-corrected chi connectivity index (χ3v) is 2.17. The Hall–Kier alpha value is -0.570.